The van der Waals surface area contributed by atoms with Crippen LogP contribution in [0, 0.1) is 11.7 Å². The average molecular weight is 653 g/mol. The highest BCUT2D eigenvalue weighted by Gasteiger charge is 2.34. The molecule has 11 nitrogen and oxygen atoms in total. The van der Waals surface area contributed by atoms with Crippen molar-refractivity contribution in [2.24, 2.45) is 5.92 Å². The molecule has 0 saturated carbocycles. The summed E-state index contributed by atoms with van der Waals surface area (Å²) in [6.45, 7) is 3.34. The van der Waals surface area contributed by atoms with Gasteiger partial charge in [-0.2, -0.15) is 0 Å². The fraction of sp³-hybridized carbons (Fsp3) is 0.303. The Morgan fingerprint density at radius 2 is 1.48 bits per heavy atom. The van der Waals surface area contributed by atoms with Gasteiger partial charge in [0.2, 0.25) is 11.8 Å². The molecule has 0 radical (unpaired) electrons. The molecule has 2 atom stereocenters. The Hall–Kier alpha value is -4.67. The van der Waals surface area contributed by atoms with E-state index in [-0.39, 0.29) is 18.0 Å². The van der Waals surface area contributed by atoms with E-state index in [0.29, 0.717) is 23.6 Å². The highest BCUT2D eigenvalue weighted by atomic mass is 31.2. The monoisotopic (exact) mass is 652 g/mol. The number of nitrogens with one attached hydrogen (secondary N) is 4. The lowest BCUT2D eigenvalue weighted by Gasteiger charge is -2.23. The lowest BCUT2D eigenvalue weighted by atomic mass is 9.96. The van der Waals surface area contributed by atoms with Gasteiger partial charge in [0.15, 0.2) is 5.78 Å². The molecule has 244 valence electrons. The Kier molecular flexibility index (Phi) is 13.8. The minimum Gasteiger partial charge on any atom is -0.356 e. The molecule has 1 fully saturated rings. The van der Waals surface area contributed by atoms with Crippen molar-refractivity contribution in [3.63, 3.8) is 0 Å². The summed E-state index contributed by atoms with van der Waals surface area (Å²) >= 11 is 0. The minimum atomic E-state index is -3.71. The van der Waals surface area contributed by atoms with Crippen LogP contribution in [-0.4, -0.2) is 55.2 Å². The Balaban J connectivity index is 0.00000185. The summed E-state index contributed by atoms with van der Waals surface area (Å²) in [6, 6.07) is 20.8. The molecule has 4 rings (SSSR count). The van der Waals surface area contributed by atoms with E-state index in [2.05, 4.69) is 35.1 Å². The number of amides is 4. The first-order valence-corrected chi connectivity index (χ1v) is 16.5. The summed E-state index contributed by atoms with van der Waals surface area (Å²) in [5.41, 5.74) is -0.212. The molecule has 3 aromatic carbocycles. The van der Waals surface area contributed by atoms with Crippen molar-refractivity contribution in [3.05, 3.63) is 90.7 Å². The maximum atomic E-state index is 14.1. The summed E-state index contributed by atoms with van der Waals surface area (Å²) in [6.07, 6.45) is 1.64. The van der Waals surface area contributed by atoms with Crippen molar-refractivity contribution in [2.45, 2.75) is 39.2 Å². The van der Waals surface area contributed by atoms with Crippen molar-refractivity contribution in [3.8, 4) is 0 Å². The smallest absolute Gasteiger partial charge is 0.313 e. The molecule has 0 aromatic heterocycles. The predicted molar refractivity (Wildman–Crippen MR) is 172 cm³/mol. The van der Waals surface area contributed by atoms with Crippen LogP contribution in [0.2, 0.25) is 0 Å². The van der Waals surface area contributed by atoms with Crippen LogP contribution in [0.4, 0.5) is 10.1 Å². The van der Waals surface area contributed by atoms with Gasteiger partial charge in [-0.3, -0.25) is 28.5 Å². The van der Waals surface area contributed by atoms with E-state index in [1.165, 1.54) is 24.6 Å². The fourth-order valence-corrected chi connectivity index (χ4v) is 6.49. The highest BCUT2D eigenvalue weighted by molar-refractivity contribution is 7.74. The van der Waals surface area contributed by atoms with E-state index < -0.39 is 61.8 Å². The molecule has 1 aliphatic heterocycles. The summed E-state index contributed by atoms with van der Waals surface area (Å²) < 4.78 is 33.7. The lowest BCUT2D eigenvalue weighted by Crippen LogP contribution is -2.49. The van der Waals surface area contributed by atoms with Crippen molar-refractivity contribution in [2.75, 3.05) is 25.0 Å². The van der Waals surface area contributed by atoms with E-state index >= 15 is 0 Å². The zero-order valence-corrected chi connectivity index (χ0v) is 26.6. The molecule has 4 N–H and O–H groups in total. The molecule has 4 amide bonds. The summed E-state index contributed by atoms with van der Waals surface area (Å²) in [4.78, 5) is 62.7. The topological polar surface area (TPSA) is 160 Å². The van der Waals surface area contributed by atoms with Gasteiger partial charge >= 0.3 is 11.8 Å². The number of Topliss-reactive ketones (excluding diaryl/α,β-unsaturated/α-hetero) is 1. The number of benzene rings is 3. The van der Waals surface area contributed by atoms with Crippen LogP contribution in [0.15, 0.2) is 84.9 Å². The summed E-state index contributed by atoms with van der Waals surface area (Å²) in [7, 11) is -3.71. The van der Waals surface area contributed by atoms with E-state index in [0.717, 1.165) is 6.07 Å². The maximum absolute atomic E-state index is 14.1. The molecule has 13 heteroatoms. The second-order valence-corrected chi connectivity index (χ2v) is 12.8. The Morgan fingerprint density at radius 3 is 2.02 bits per heavy atom. The van der Waals surface area contributed by atoms with E-state index in [9.17, 15) is 32.9 Å². The number of carbonyl (C=O) groups excluding carboxylic acids is 5. The summed E-state index contributed by atoms with van der Waals surface area (Å²) in [5, 5.41) is 10.1. The maximum Gasteiger partial charge on any atom is 0.313 e. The van der Waals surface area contributed by atoms with Crippen LogP contribution in [0.5, 0.6) is 0 Å². The Morgan fingerprint density at radius 1 is 0.913 bits per heavy atom. The first-order valence-electron chi connectivity index (χ1n) is 14.9. The molecule has 0 aliphatic carbocycles. The second-order valence-electron chi connectivity index (χ2n) is 10.4. The number of rotatable bonds is 12. The number of para-hydroxylation sites is 1. The van der Waals surface area contributed by atoms with Gasteiger partial charge < -0.3 is 25.8 Å². The molecule has 3 aromatic rings. The van der Waals surface area contributed by atoms with E-state index in [1.807, 2.05) is 0 Å². The third-order valence-corrected chi connectivity index (χ3v) is 9.17. The lowest BCUT2D eigenvalue weighted by molar-refractivity contribution is -0.137. The summed E-state index contributed by atoms with van der Waals surface area (Å²) in [5.74, 6) is -5.44. The molecule has 0 spiro atoms. The predicted octanol–water partition coefficient (Wildman–Crippen LogP) is 2.82. The average Bonchev–Trinajstić information content (AvgIpc) is 3.47. The van der Waals surface area contributed by atoms with Crippen LogP contribution in [0.1, 0.15) is 33.1 Å². The molecule has 2 unspecified atom stereocenters. The Bertz CT molecular complexity index is 1510. The number of halogens is 1. The third-order valence-electron chi connectivity index (χ3n) is 6.73. The molecule has 0 bridgehead atoms. The van der Waals surface area contributed by atoms with Crippen molar-refractivity contribution in [1.29, 1.82) is 0 Å². The van der Waals surface area contributed by atoms with Gasteiger partial charge in [0.25, 0.3) is 7.37 Å². The molecular weight excluding hydrogens is 614 g/mol. The van der Waals surface area contributed by atoms with Crippen LogP contribution in [0.3, 0.4) is 0 Å². The Labute approximate surface area is 267 Å². The van der Waals surface area contributed by atoms with Crippen LogP contribution >= 0.6 is 7.37 Å². The van der Waals surface area contributed by atoms with Gasteiger partial charge in [0, 0.05) is 23.1 Å². The first-order chi connectivity index (χ1) is 22.1. The van der Waals surface area contributed by atoms with Crippen LogP contribution < -0.4 is 31.9 Å². The molecule has 1 aliphatic rings. The van der Waals surface area contributed by atoms with Gasteiger partial charge in [-0.25, -0.2) is 4.39 Å². The highest BCUT2D eigenvalue weighted by Crippen LogP contribution is 2.44. The number of carbonyl (C=O) groups is 5. The largest absolute Gasteiger partial charge is 0.356 e. The van der Waals surface area contributed by atoms with Crippen LogP contribution in [0.25, 0.3) is 0 Å². The van der Waals surface area contributed by atoms with Crippen molar-refractivity contribution in [1.82, 2.24) is 16.0 Å². The molecule has 1 saturated heterocycles. The van der Waals surface area contributed by atoms with Crippen molar-refractivity contribution >= 4 is 53.1 Å². The zero-order chi connectivity index (χ0) is 33.5. The van der Waals surface area contributed by atoms with Gasteiger partial charge in [-0.05, 0) is 49.2 Å². The number of ketones is 1. The van der Waals surface area contributed by atoms with Gasteiger partial charge in [0.05, 0.1) is 18.3 Å². The van der Waals surface area contributed by atoms with Gasteiger partial charge in [-0.1, -0.05) is 68.8 Å². The number of anilines is 1. The molecule has 46 heavy (non-hydrogen) atoms. The van der Waals surface area contributed by atoms with Gasteiger partial charge in [-0.15, -0.1) is 0 Å². The second kappa shape index (κ2) is 17.7. The zero-order valence-electron chi connectivity index (χ0n) is 25.7. The SMILES string of the molecule is CCC.O=C(CNC(=O)C(=O)Nc1ccccc1F)NC(CC1CCNC1=O)C(=O)COP(=O)(c1ccccc1)c1ccccc1. The van der Waals surface area contributed by atoms with E-state index in [1.54, 1.807) is 60.7 Å². The van der Waals surface area contributed by atoms with Gasteiger partial charge in [0.1, 0.15) is 12.4 Å². The van der Waals surface area contributed by atoms with E-state index in [4.69, 9.17) is 4.52 Å². The quantitative estimate of drug-likeness (QED) is 0.173. The molecule has 1 heterocycles. The first kappa shape index (κ1) is 35.8. The van der Waals surface area contributed by atoms with Crippen molar-refractivity contribution < 1.29 is 37.5 Å². The standard InChI is InChI=1S/C30H30FN4O7P.C3H8/c31-23-13-7-8-14-24(23)35-30(40)29(39)33-18-27(37)34-25(17-20-15-16-32-28(20)38)26(36)19-42-43(41,21-9-3-1-4-10-21)22-11-5-2-6-12-22;1-3-2/h1-14,20,25H,15-19H2,(H,32,38)(H,33,39)(H,34,37)(H,35,40);3H2,1-2H3. The normalized spacial score (nSPS) is 14.6. The van der Waals surface area contributed by atoms with Crippen LogP contribution in [-0.2, 0) is 33.1 Å². The number of hydrogen-bond donors (Lipinski definition) is 4. The number of hydrogen-bond acceptors (Lipinski definition) is 7. The molecular formula is C33H38FN4O7P. The fourth-order valence-electron chi connectivity index (χ4n) is 4.45. The minimum absolute atomic E-state index is 0.0531. The third kappa shape index (κ3) is 10.2.